The van der Waals surface area contributed by atoms with Gasteiger partial charge in [-0.25, -0.2) is 0 Å². The van der Waals surface area contributed by atoms with Gasteiger partial charge in [0, 0.05) is 0 Å². The van der Waals surface area contributed by atoms with Crippen molar-refractivity contribution in [1.29, 1.82) is 0 Å². The first-order valence-corrected chi connectivity index (χ1v) is 5.98. The van der Waals surface area contributed by atoms with E-state index in [1.807, 2.05) is 30.3 Å². The molecule has 2 rings (SSSR count). The third-order valence-electron chi connectivity index (χ3n) is 3.06. The fraction of sp³-hybridized carbons (Fsp3) is 0.538. The molecule has 1 aliphatic rings. The number of aliphatic hydroxyl groups is 2. The minimum atomic E-state index is -0.737. The molecule has 1 aromatic rings. The van der Waals surface area contributed by atoms with Crippen LogP contribution in [0.15, 0.2) is 30.3 Å². The van der Waals surface area contributed by atoms with Gasteiger partial charge in [-0.05, 0) is 18.5 Å². The van der Waals surface area contributed by atoms with Crippen molar-refractivity contribution in [3.8, 4) is 0 Å². The summed E-state index contributed by atoms with van der Waals surface area (Å²) in [6, 6.07) is 9.72. The Kier molecular flexibility index (Phi) is 4.50. The number of rotatable bonds is 4. The van der Waals surface area contributed by atoms with Crippen LogP contribution in [0, 0.1) is 0 Å². The zero-order chi connectivity index (χ0) is 12.1. The van der Waals surface area contributed by atoms with E-state index in [-0.39, 0.29) is 6.04 Å². The van der Waals surface area contributed by atoms with Crippen molar-refractivity contribution < 1.29 is 14.9 Å². The zero-order valence-electron chi connectivity index (χ0n) is 9.75. The van der Waals surface area contributed by atoms with Crippen LogP contribution < -0.4 is 5.32 Å². The number of piperidine rings is 1. The Morgan fingerprint density at radius 3 is 2.76 bits per heavy atom. The van der Waals surface area contributed by atoms with E-state index in [1.165, 1.54) is 0 Å². The highest BCUT2D eigenvalue weighted by Crippen LogP contribution is 2.10. The van der Waals surface area contributed by atoms with E-state index >= 15 is 0 Å². The quantitative estimate of drug-likeness (QED) is 0.704. The van der Waals surface area contributed by atoms with E-state index in [9.17, 15) is 10.2 Å². The first-order valence-electron chi connectivity index (χ1n) is 5.98. The number of nitrogens with one attached hydrogen (secondary N) is 1. The van der Waals surface area contributed by atoms with Crippen molar-refractivity contribution in [1.82, 2.24) is 5.32 Å². The van der Waals surface area contributed by atoms with Gasteiger partial charge < -0.3 is 20.3 Å². The lowest BCUT2D eigenvalue weighted by Crippen LogP contribution is -2.54. The van der Waals surface area contributed by atoms with Crippen molar-refractivity contribution in [2.45, 2.75) is 31.3 Å². The highest BCUT2D eigenvalue weighted by atomic mass is 16.5. The molecule has 1 aliphatic heterocycles. The smallest absolute Gasteiger partial charge is 0.0974 e. The maximum Gasteiger partial charge on any atom is 0.0974 e. The molecule has 0 aromatic heterocycles. The first kappa shape index (κ1) is 12.5. The van der Waals surface area contributed by atoms with Crippen LogP contribution in [0.2, 0.25) is 0 Å². The average Bonchev–Trinajstić information content (AvgIpc) is 2.36. The van der Waals surface area contributed by atoms with E-state index in [4.69, 9.17) is 4.74 Å². The summed E-state index contributed by atoms with van der Waals surface area (Å²) in [4.78, 5) is 0. The van der Waals surface area contributed by atoms with Gasteiger partial charge in [-0.15, -0.1) is 0 Å². The summed E-state index contributed by atoms with van der Waals surface area (Å²) in [6.07, 6.45) is -0.780. The summed E-state index contributed by atoms with van der Waals surface area (Å²) < 4.78 is 5.54. The van der Waals surface area contributed by atoms with Crippen LogP contribution in [0.5, 0.6) is 0 Å². The SMILES string of the molecule is O[C@H]1[C@H](COCc2ccccc2)NCC[C@@H]1O. The fourth-order valence-corrected chi connectivity index (χ4v) is 2.01. The molecule has 94 valence electrons. The first-order chi connectivity index (χ1) is 8.27. The molecule has 0 radical (unpaired) electrons. The van der Waals surface area contributed by atoms with E-state index in [0.717, 1.165) is 12.1 Å². The minimum Gasteiger partial charge on any atom is -0.390 e. The second-order valence-electron chi connectivity index (χ2n) is 4.41. The number of aliphatic hydroxyl groups excluding tert-OH is 2. The number of benzene rings is 1. The van der Waals surface area contributed by atoms with Gasteiger partial charge in [0.05, 0.1) is 31.5 Å². The molecule has 0 bridgehead atoms. The van der Waals surface area contributed by atoms with Crippen LogP contribution >= 0.6 is 0 Å². The van der Waals surface area contributed by atoms with Crippen LogP contribution in [0.25, 0.3) is 0 Å². The molecule has 0 amide bonds. The molecular formula is C13H19NO3. The summed E-state index contributed by atoms with van der Waals surface area (Å²) in [5, 5.41) is 22.4. The number of hydrogen-bond acceptors (Lipinski definition) is 4. The lowest BCUT2D eigenvalue weighted by molar-refractivity contribution is -0.0501. The van der Waals surface area contributed by atoms with Crippen LogP contribution in [-0.2, 0) is 11.3 Å². The molecule has 0 spiro atoms. The van der Waals surface area contributed by atoms with Gasteiger partial charge in [0.2, 0.25) is 0 Å². The molecule has 1 heterocycles. The van der Waals surface area contributed by atoms with Crippen molar-refractivity contribution in [2.24, 2.45) is 0 Å². The van der Waals surface area contributed by atoms with Gasteiger partial charge >= 0.3 is 0 Å². The predicted octanol–water partition coefficient (Wildman–Crippen LogP) is 0.287. The predicted molar refractivity (Wildman–Crippen MR) is 64.5 cm³/mol. The van der Waals surface area contributed by atoms with Gasteiger partial charge in [0.15, 0.2) is 0 Å². The summed E-state index contributed by atoms with van der Waals surface area (Å²) >= 11 is 0. The molecule has 17 heavy (non-hydrogen) atoms. The molecule has 0 saturated carbocycles. The van der Waals surface area contributed by atoms with Crippen LogP contribution in [0.3, 0.4) is 0 Å². The molecule has 1 aromatic carbocycles. The van der Waals surface area contributed by atoms with Gasteiger partial charge in [0.1, 0.15) is 0 Å². The topological polar surface area (TPSA) is 61.7 Å². The molecule has 4 nitrogen and oxygen atoms in total. The molecule has 3 N–H and O–H groups in total. The molecular weight excluding hydrogens is 218 g/mol. The Morgan fingerprint density at radius 1 is 1.24 bits per heavy atom. The second kappa shape index (κ2) is 6.12. The highest BCUT2D eigenvalue weighted by molar-refractivity contribution is 5.13. The summed E-state index contributed by atoms with van der Waals surface area (Å²) in [7, 11) is 0. The van der Waals surface area contributed by atoms with Crippen molar-refractivity contribution in [3.05, 3.63) is 35.9 Å². The average molecular weight is 237 g/mol. The molecule has 0 unspecified atom stereocenters. The summed E-state index contributed by atoms with van der Waals surface area (Å²) in [6.45, 7) is 1.66. The molecule has 0 aliphatic carbocycles. The van der Waals surface area contributed by atoms with Crippen LogP contribution in [0.1, 0.15) is 12.0 Å². The van der Waals surface area contributed by atoms with E-state index < -0.39 is 12.2 Å². The fourth-order valence-electron chi connectivity index (χ4n) is 2.01. The van der Waals surface area contributed by atoms with Gasteiger partial charge in [-0.3, -0.25) is 0 Å². The standard InChI is InChI=1S/C13H19NO3/c15-12-6-7-14-11(13(12)16)9-17-8-10-4-2-1-3-5-10/h1-5,11-16H,6-9H2/t11-,12-,13-/m0/s1. The van der Waals surface area contributed by atoms with Crippen molar-refractivity contribution >= 4 is 0 Å². The monoisotopic (exact) mass is 237 g/mol. The normalized spacial score (nSPS) is 29.2. The number of hydrogen-bond donors (Lipinski definition) is 3. The van der Waals surface area contributed by atoms with Crippen molar-refractivity contribution in [2.75, 3.05) is 13.2 Å². The van der Waals surface area contributed by atoms with Crippen LogP contribution in [-0.4, -0.2) is 41.6 Å². The van der Waals surface area contributed by atoms with E-state index in [0.29, 0.717) is 19.6 Å². The Hall–Kier alpha value is -0.940. The summed E-state index contributed by atoms with van der Waals surface area (Å²) in [5.74, 6) is 0. The van der Waals surface area contributed by atoms with E-state index in [1.54, 1.807) is 0 Å². The Bertz CT molecular complexity index is 331. The molecule has 3 atom stereocenters. The molecule has 1 fully saturated rings. The maximum absolute atomic E-state index is 9.74. The third kappa shape index (κ3) is 3.51. The maximum atomic E-state index is 9.74. The largest absolute Gasteiger partial charge is 0.390 e. The molecule has 1 saturated heterocycles. The Balaban J connectivity index is 1.75. The third-order valence-corrected chi connectivity index (χ3v) is 3.06. The Labute approximate surface area is 101 Å². The number of ether oxygens (including phenoxy) is 1. The second-order valence-corrected chi connectivity index (χ2v) is 4.41. The van der Waals surface area contributed by atoms with Gasteiger partial charge in [-0.2, -0.15) is 0 Å². The molecule has 4 heteroatoms. The lowest BCUT2D eigenvalue weighted by Gasteiger charge is -2.32. The van der Waals surface area contributed by atoms with Gasteiger partial charge in [-0.1, -0.05) is 30.3 Å². The summed E-state index contributed by atoms with van der Waals surface area (Å²) in [5.41, 5.74) is 1.11. The van der Waals surface area contributed by atoms with Gasteiger partial charge in [0.25, 0.3) is 0 Å². The van der Waals surface area contributed by atoms with Crippen LogP contribution in [0.4, 0.5) is 0 Å². The highest BCUT2D eigenvalue weighted by Gasteiger charge is 2.29. The minimum absolute atomic E-state index is 0.178. The Morgan fingerprint density at radius 2 is 2.00 bits per heavy atom. The van der Waals surface area contributed by atoms with Crippen molar-refractivity contribution in [3.63, 3.8) is 0 Å². The lowest BCUT2D eigenvalue weighted by atomic mass is 9.99. The van der Waals surface area contributed by atoms with E-state index in [2.05, 4.69) is 5.32 Å². The zero-order valence-corrected chi connectivity index (χ0v) is 9.75.